The quantitative estimate of drug-likeness (QED) is 0.621. The van der Waals surface area contributed by atoms with E-state index in [0.717, 1.165) is 31.9 Å². The average molecular weight is 474 g/mol. The molecule has 0 aromatic carbocycles. The van der Waals surface area contributed by atoms with Crippen LogP contribution >= 0.6 is 0 Å². The molecule has 8 nitrogen and oxygen atoms in total. The van der Waals surface area contributed by atoms with Crippen molar-refractivity contribution >= 4 is 20.0 Å². The van der Waals surface area contributed by atoms with Crippen LogP contribution in [0.25, 0.3) is 0 Å². The average Bonchev–Trinajstić information content (AvgIpc) is 2.72. The first-order valence-corrected chi connectivity index (χ1v) is 14.4. The van der Waals surface area contributed by atoms with E-state index < -0.39 is 32.1 Å². The van der Waals surface area contributed by atoms with E-state index in [1.807, 2.05) is 0 Å². The Hall–Kier alpha value is -1.07. The first-order chi connectivity index (χ1) is 14.6. The lowest BCUT2D eigenvalue weighted by Gasteiger charge is -2.41. The third-order valence-corrected chi connectivity index (χ3v) is 9.14. The van der Waals surface area contributed by atoms with Crippen molar-refractivity contribution in [2.75, 3.05) is 19.4 Å². The van der Waals surface area contributed by atoms with E-state index in [4.69, 9.17) is 4.74 Å². The maximum absolute atomic E-state index is 13.3. The minimum absolute atomic E-state index is 0.0822. The predicted molar refractivity (Wildman–Crippen MR) is 119 cm³/mol. The fourth-order valence-electron chi connectivity index (χ4n) is 4.73. The number of sulfonamides is 2. The van der Waals surface area contributed by atoms with Crippen LogP contribution in [0.1, 0.15) is 52.4 Å². The number of hydrogen-bond acceptors (Lipinski definition) is 6. The molecule has 0 spiro atoms. The van der Waals surface area contributed by atoms with E-state index in [2.05, 4.69) is 23.6 Å². The van der Waals surface area contributed by atoms with Gasteiger partial charge in [0.25, 0.3) is 0 Å². The van der Waals surface area contributed by atoms with Gasteiger partial charge < -0.3 is 4.74 Å². The summed E-state index contributed by atoms with van der Waals surface area (Å²) in [5, 5.41) is 0. The molecule has 1 aromatic rings. The van der Waals surface area contributed by atoms with E-state index in [1.54, 1.807) is 6.07 Å². The van der Waals surface area contributed by atoms with Gasteiger partial charge in [-0.1, -0.05) is 13.8 Å². The molecular formula is C21H35N3O5S2. The molecule has 176 valence electrons. The smallest absolute Gasteiger partial charge is 0.244 e. The Balaban J connectivity index is 1.77. The lowest BCUT2D eigenvalue weighted by atomic mass is 9.80. The van der Waals surface area contributed by atoms with Gasteiger partial charge in [-0.2, -0.15) is 4.31 Å². The maximum atomic E-state index is 13.3. The van der Waals surface area contributed by atoms with Crippen LogP contribution in [0.4, 0.5) is 0 Å². The lowest BCUT2D eigenvalue weighted by molar-refractivity contribution is -0.0173. The van der Waals surface area contributed by atoms with Gasteiger partial charge in [0.05, 0.1) is 25.0 Å². The predicted octanol–water partition coefficient (Wildman–Crippen LogP) is 2.38. The zero-order valence-corrected chi connectivity index (χ0v) is 20.2. The van der Waals surface area contributed by atoms with E-state index in [0.29, 0.717) is 31.2 Å². The van der Waals surface area contributed by atoms with Crippen LogP contribution < -0.4 is 4.72 Å². The fraction of sp³-hybridized carbons (Fsp3) is 0.762. The van der Waals surface area contributed by atoms with Crippen LogP contribution in [0.15, 0.2) is 29.4 Å². The van der Waals surface area contributed by atoms with Crippen molar-refractivity contribution in [2.45, 2.75) is 75.5 Å². The molecule has 1 aliphatic heterocycles. The van der Waals surface area contributed by atoms with Crippen LogP contribution in [-0.2, 0) is 24.8 Å². The van der Waals surface area contributed by atoms with Crippen molar-refractivity contribution < 1.29 is 21.6 Å². The zero-order chi connectivity index (χ0) is 22.6. The molecule has 0 bridgehead atoms. The second-order valence-electron chi connectivity index (χ2n) is 9.12. The number of rotatable bonds is 8. The highest BCUT2D eigenvalue weighted by atomic mass is 32.2. The number of pyridine rings is 1. The molecule has 1 aliphatic carbocycles. The second-order valence-corrected chi connectivity index (χ2v) is 12.8. The summed E-state index contributed by atoms with van der Waals surface area (Å²) in [6.07, 6.45) is 9.30. The lowest BCUT2D eigenvalue weighted by Crippen LogP contribution is -2.58. The number of aromatic nitrogens is 1. The monoisotopic (exact) mass is 473 g/mol. The van der Waals surface area contributed by atoms with Gasteiger partial charge in [0.1, 0.15) is 4.90 Å². The van der Waals surface area contributed by atoms with Gasteiger partial charge >= 0.3 is 0 Å². The molecule has 2 heterocycles. The molecule has 2 atom stereocenters. The normalized spacial score (nSPS) is 28.6. The van der Waals surface area contributed by atoms with E-state index in [1.165, 1.54) is 22.8 Å². The minimum atomic E-state index is -3.82. The molecule has 2 fully saturated rings. The highest BCUT2D eigenvalue weighted by Crippen LogP contribution is 2.32. The summed E-state index contributed by atoms with van der Waals surface area (Å²) in [6, 6.07) is 1.97. The zero-order valence-electron chi connectivity index (χ0n) is 18.6. The maximum Gasteiger partial charge on any atom is 0.244 e. The standard InChI is InChI=1S/C21H35N3O5S2/c1-16(2)17-8-10-18(11-9-17)29-15-21-20(23-30(3,25)26)7-5-13-24(21)31(27,28)19-6-4-12-22-14-19/h4,6,12,14,16-18,20-21,23H,5,7-11,13,15H2,1-3H3/t17-,18+,20-,21-/m0/s1. The van der Waals surface area contributed by atoms with Gasteiger partial charge in [-0.05, 0) is 62.5 Å². The van der Waals surface area contributed by atoms with Gasteiger partial charge in [0.2, 0.25) is 20.0 Å². The molecule has 2 aliphatic rings. The van der Waals surface area contributed by atoms with Gasteiger partial charge in [0.15, 0.2) is 0 Å². The van der Waals surface area contributed by atoms with Gasteiger partial charge in [-0.15, -0.1) is 0 Å². The number of hydrogen-bond donors (Lipinski definition) is 1. The molecule has 3 rings (SSSR count). The third kappa shape index (κ3) is 6.47. The Morgan fingerprint density at radius 2 is 1.87 bits per heavy atom. The Bertz CT molecular complexity index is 914. The molecule has 0 amide bonds. The van der Waals surface area contributed by atoms with Crippen molar-refractivity contribution in [3.63, 3.8) is 0 Å². The van der Waals surface area contributed by atoms with Gasteiger partial charge in [-0.3, -0.25) is 4.98 Å². The van der Waals surface area contributed by atoms with Crippen LogP contribution in [-0.4, -0.2) is 63.7 Å². The van der Waals surface area contributed by atoms with Gasteiger partial charge in [0, 0.05) is 25.0 Å². The van der Waals surface area contributed by atoms with Crippen molar-refractivity contribution in [1.29, 1.82) is 0 Å². The molecule has 10 heteroatoms. The summed E-state index contributed by atoms with van der Waals surface area (Å²) in [6.45, 7) is 4.99. The number of nitrogens with zero attached hydrogens (tertiary/aromatic N) is 2. The SMILES string of the molecule is CC(C)[C@H]1CC[C@@H](OC[C@H]2[C@@H](NS(C)(=O)=O)CCCN2S(=O)(=O)c2cccnc2)CC1. The Kier molecular flexibility index (Phi) is 8.12. The van der Waals surface area contributed by atoms with Crippen LogP contribution in [0.5, 0.6) is 0 Å². The molecule has 31 heavy (non-hydrogen) atoms. The van der Waals surface area contributed by atoms with Crippen LogP contribution in [0.3, 0.4) is 0 Å². The molecule has 1 saturated heterocycles. The Labute approximate surface area is 186 Å². The van der Waals surface area contributed by atoms with Crippen LogP contribution in [0.2, 0.25) is 0 Å². The van der Waals surface area contributed by atoms with Crippen molar-refractivity contribution in [2.24, 2.45) is 11.8 Å². The van der Waals surface area contributed by atoms with E-state index >= 15 is 0 Å². The first kappa shape index (κ1) is 24.6. The summed E-state index contributed by atoms with van der Waals surface area (Å²) >= 11 is 0. The summed E-state index contributed by atoms with van der Waals surface area (Å²) in [7, 11) is -7.31. The summed E-state index contributed by atoms with van der Waals surface area (Å²) in [5.41, 5.74) is 0. The van der Waals surface area contributed by atoms with Crippen LogP contribution in [0, 0.1) is 11.8 Å². The summed E-state index contributed by atoms with van der Waals surface area (Å²) in [4.78, 5) is 4.05. The Morgan fingerprint density at radius 1 is 1.16 bits per heavy atom. The highest BCUT2D eigenvalue weighted by molar-refractivity contribution is 7.89. The van der Waals surface area contributed by atoms with E-state index in [9.17, 15) is 16.8 Å². The molecular weight excluding hydrogens is 438 g/mol. The van der Waals surface area contributed by atoms with E-state index in [-0.39, 0.29) is 17.6 Å². The summed E-state index contributed by atoms with van der Waals surface area (Å²) < 4.78 is 60.8. The molecule has 0 radical (unpaired) electrons. The molecule has 1 saturated carbocycles. The van der Waals surface area contributed by atoms with Crippen molar-refractivity contribution in [3.8, 4) is 0 Å². The topological polar surface area (TPSA) is 106 Å². The third-order valence-electron chi connectivity index (χ3n) is 6.50. The fourth-order valence-corrected chi connectivity index (χ4v) is 7.20. The highest BCUT2D eigenvalue weighted by Gasteiger charge is 2.41. The molecule has 1 N–H and O–H groups in total. The minimum Gasteiger partial charge on any atom is -0.376 e. The molecule has 0 unspecified atom stereocenters. The van der Waals surface area contributed by atoms with Crippen molar-refractivity contribution in [3.05, 3.63) is 24.5 Å². The first-order valence-electron chi connectivity index (χ1n) is 11.1. The molecule has 1 aromatic heterocycles. The van der Waals surface area contributed by atoms with Gasteiger partial charge in [-0.25, -0.2) is 21.6 Å². The Morgan fingerprint density at radius 3 is 2.45 bits per heavy atom. The number of ether oxygens (including phenoxy) is 1. The second kappa shape index (κ2) is 10.2. The number of piperidine rings is 1. The summed E-state index contributed by atoms with van der Waals surface area (Å²) in [5.74, 6) is 1.36. The largest absolute Gasteiger partial charge is 0.376 e. The number of nitrogens with one attached hydrogen (secondary N) is 1. The van der Waals surface area contributed by atoms with Crippen molar-refractivity contribution in [1.82, 2.24) is 14.0 Å².